The van der Waals surface area contributed by atoms with Crippen LogP contribution < -0.4 is 19.1 Å². The number of ether oxygens (including phenoxy) is 2. The predicted molar refractivity (Wildman–Crippen MR) is 110 cm³/mol. The third-order valence-electron chi connectivity index (χ3n) is 4.08. The van der Waals surface area contributed by atoms with Crippen molar-refractivity contribution in [3.63, 3.8) is 0 Å². The van der Waals surface area contributed by atoms with Gasteiger partial charge in [-0.05, 0) is 30.2 Å². The van der Waals surface area contributed by atoms with Gasteiger partial charge >= 0.3 is 0 Å². The molecule has 0 saturated carbocycles. The van der Waals surface area contributed by atoms with Crippen molar-refractivity contribution >= 4 is 21.6 Å². The van der Waals surface area contributed by atoms with Gasteiger partial charge in [-0.3, -0.25) is 9.10 Å². The maximum atomic E-state index is 12.3. The molecule has 1 N–H and O–H groups in total. The maximum absolute atomic E-state index is 12.3. The van der Waals surface area contributed by atoms with Crippen molar-refractivity contribution in [3.8, 4) is 11.5 Å². The summed E-state index contributed by atoms with van der Waals surface area (Å²) in [6.07, 6.45) is 1.76. The van der Waals surface area contributed by atoms with Gasteiger partial charge in [-0.15, -0.1) is 0 Å². The zero-order valence-electron chi connectivity index (χ0n) is 16.3. The molecule has 0 atom stereocenters. The number of hydrogen-bond acceptors (Lipinski definition) is 5. The molecule has 0 aliphatic heterocycles. The Bertz CT molecular complexity index is 899. The van der Waals surface area contributed by atoms with Crippen LogP contribution in [0, 0.1) is 0 Å². The molecular weight excluding hydrogens is 380 g/mol. The highest BCUT2D eigenvalue weighted by atomic mass is 32.2. The molecule has 0 radical (unpaired) electrons. The second-order valence-corrected chi connectivity index (χ2v) is 8.01. The summed E-state index contributed by atoms with van der Waals surface area (Å²) in [5.41, 5.74) is 1.38. The lowest BCUT2D eigenvalue weighted by atomic mass is 10.1. The number of amides is 1. The summed E-state index contributed by atoms with van der Waals surface area (Å²) in [5, 5.41) is 2.69. The lowest BCUT2D eigenvalue weighted by molar-refractivity contribution is -0.119. The van der Waals surface area contributed by atoms with Crippen LogP contribution >= 0.6 is 0 Å². The van der Waals surface area contributed by atoms with Crippen LogP contribution in [-0.4, -0.2) is 47.4 Å². The summed E-state index contributed by atoms with van der Waals surface area (Å²) in [7, 11) is -2.05. The number of benzene rings is 2. The fourth-order valence-electron chi connectivity index (χ4n) is 2.71. The summed E-state index contributed by atoms with van der Waals surface area (Å²) in [4.78, 5) is 12.3. The summed E-state index contributed by atoms with van der Waals surface area (Å²) in [6.45, 7) is 2.12. The number of nitrogens with zero attached hydrogens (tertiary/aromatic N) is 1. The number of aryl methyl sites for hydroxylation is 1. The molecule has 0 saturated heterocycles. The van der Waals surface area contributed by atoms with Crippen LogP contribution in [0.2, 0.25) is 0 Å². The molecule has 0 heterocycles. The third-order valence-corrected chi connectivity index (χ3v) is 5.21. The first-order valence-corrected chi connectivity index (χ1v) is 10.8. The second-order valence-electron chi connectivity index (χ2n) is 6.10. The van der Waals surface area contributed by atoms with E-state index in [1.165, 1.54) is 0 Å². The Hall–Kier alpha value is -2.74. The molecule has 0 unspecified atom stereocenters. The summed E-state index contributed by atoms with van der Waals surface area (Å²) in [5.74, 6) is 0.780. The van der Waals surface area contributed by atoms with E-state index in [-0.39, 0.29) is 19.7 Å². The van der Waals surface area contributed by atoms with Crippen LogP contribution in [0.5, 0.6) is 11.5 Å². The minimum Gasteiger partial charge on any atom is -0.493 e. The Morgan fingerprint density at radius 1 is 1.07 bits per heavy atom. The monoisotopic (exact) mass is 406 g/mol. The Kier molecular flexibility index (Phi) is 7.69. The number of anilines is 1. The Labute approximate surface area is 166 Å². The summed E-state index contributed by atoms with van der Waals surface area (Å²) >= 11 is 0. The highest BCUT2D eigenvalue weighted by Gasteiger charge is 2.22. The SMILES string of the molecule is CCc1ccccc1N(CC(=O)NCCOc1ccccc1OC)S(C)(=O)=O. The molecule has 0 aliphatic carbocycles. The number of carbonyl (C=O) groups is 1. The number of hydrogen-bond donors (Lipinski definition) is 1. The zero-order valence-corrected chi connectivity index (χ0v) is 17.2. The third kappa shape index (κ3) is 5.88. The molecule has 8 heteroatoms. The molecule has 28 heavy (non-hydrogen) atoms. The van der Waals surface area contributed by atoms with Crippen molar-refractivity contribution in [1.29, 1.82) is 0 Å². The largest absolute Gasteiger partial charge is 0.493 e. The van der Waals surface area contributed by atoms with Crippen LogP contribution in [-0.2, 0) is 21.2 Å². The van der Waals surface area contributed by atoms with Gasteiger partial charge in [0.05, 0.1) is 25.6 Å². The standard InChI is InChI=1S/C20H26N2O5S/c1-4-16-9-5-6-10-17(16)22(28(3,24)25)15-20(23)21-13-14-27-19-12-8-7-11-18(19)26-2/h5-12H,4,13-15H2,1-3H3,(H,21,23). The van der Waals surface area contributed by atoms with Gasteiger partial charge in [0.1, 0.15) is 13.2 Å². The van der Waals surface area contributed by atoms with Crippen LogP contribution in [0.1, 0.15) is 12.5 Å². The molecule has 7 nitrogen and oxygen atoms in total. The first-order valence-electron chi connectivity index (χ1n) is 8.95. The van der Waals surface area contributed by atoms with Crippen LogP contribution in [0.15, 0.2) is 48.5 Å². The molecule has 2 rings (SSSR count). The van der Waals surface area contributed by atoms with E-state index in [9.17, 15) is 13.2 Å². The normalized spacial score (nSPS) is 11.0. The van der Waals surface area contributed by atoms with Crippen LogP contribution in [0.3, 0.4) is 0 Å². The van der Waals surface area contributed by atoms with Gasteiger partial charge in [0, 0.05) is 0 Å². The van der Waals surface area contributed by atoms with Gasteiger partial charge in [0.2, 0.25) is 15.9 Å². The number of rotatable bonds is 10. The fourth-order valence-corrected chi connectivity index (χ4v) is 3.60. The Morgan fingerprint density at radius 3 is 2.36 bits per heavy atom. The first-order chi connectivity index (χ1) is 13.4. The fraction of sp³-hybridized carbons (Fsp3) is 0.350. The summed E-state index contributed by atoms with van der Waals surface area (Å²) < 4.78 is 36.4. The predicted octanol–water partition coefficient (Wildman–Crippen LogP) is 2.22. The minimum absolute atomic E-state index is 0.233. The van der Waals surface area contributed by atoms with Gasteiger partial charge in [-0.2, -0.15) is 0 Å². The topological polar surface area (TPSA) is 84.9 Å². The van der Waals surface area contributed by atoms with Gasteiger partial charge < -0.3 is 14.8 Å². The van der Waals surface area contributed by atoms with Crippen LogP contribution in [0.25, 0.3) is 0 Å². The van der Waals surface area contributed by atoms with E-state index in [1.54, 1.807) is 31.4 Å². The number of methoxy groups -OCH3 is 1. The number of carbonyl (C=O) groups excluding carboxylic acids is 1. The average Bonchev–Trinajstić information content (AvgIpc) is 2.68. The number of sulfonamides is 1. The highest BCUT2D eigenvalue weighted by molar-refractivity contribution is 7.92. The van der Waals surface area contributed by atoms with Gasteiger partial charge in [0.25, 0.3) is 0 Å². The molecule has 0 fully saturated rings. The first kappa shape index (κ1) is 21.6. The smallest absolute Gasteiger partial charge is 0.240 e. The average molecular weight is 407 g/mol. The van der Waals surface area contributed by atoms with Crippen LogP contribution in [0.4, 0.5) is 5.69 Å². The van der Waals surface area contributed by atoms with Gasteiger partial charge in [0.15, 0.2) is 11.5 Å². The molecule has 152 valence electrons. The Morgan fingerprint density at radius 2 is 1.71 bits per heavy atom. The molecular formula is C20H26N2O5S. The van der Waals surface area contributed by atoms with E-state index in [4.69, 9.17) is 9.47 Å². The molecule has 2 aromatic rings. The zero-order chi connectivity index (χ0) is 20.6. The Balaban J connectivity index is 1.95. The van der Waals surface area contributed by atoms with E-state index < -0.39 is 15.9 Å². The molecule has 2 aromatic carbocycles. The van der Waals surface area contributed by atoms with Crippen molar-refractivity contribution in [2.45, 2.75) is 13.3 Å². The molecule has 0 spiro atoms. The summed E-state index contributed by atoms with van der Waals surface area (Å²) in [6, 6.07) is 14.4. The van der Waals surface area contributed by atoms with Gasteiger partial charge in [-0.25, -0.2) is 8.42 Å². The van der Waals surface area contributed by atoms with E-state index in [2.05, 4.69) is 5.32 Å². The molecule has 0 bridgehead atoms. The molecule has 0 aliphatic rings. The maximum Gasteiger partial charge on any atom is 0.240 e. The van der Waals surface area contributed by atoms with Crippen molar-refractivity contribution in [2.75, 3.05) is 37.4 Å². The van der Waals surface area contributed by atoms with E-state index in [0.717, 1.165) is 16.1 Å². The van der Waals surface area contributed by atoms with E-state index >= 15 is 0 Å². The second kappa shape index (κ2) is 9.98. The molecule has 0 aromatic heterocycles. The number of nitrogens with one attached hydrogen (secondary N) is 1. The van der Waals surface area contributed by atoms with Gasteiger partial charge in [-0.1, -0.05) is 37.3 Å². The minimum atomic E-state index is -3.60. The number of para-hydroxylation sites is 3. The quantitative estimate of drug-likeness (QED) is 0.612. The van der Waals surface area contributed by atoms with Crippen molar-refractivity contribution in [3.05, 3.63) is 54.1 Å². The van der Waals surface area contributed by atoms with E-state index in [1.807, 2.05) is 31.2 Å². The van der Waals surface area contributed by atoms with Crippen molar-refractivity contribution < 1.29 is 22.7 Å². The highest BCUT2D eigenvalue weighted by Crippen LogP contribution is 2.25. The lowest BCUT2D eigenvalue weighted by Crippen LogP contribution is -2.41. The van der Waals surface area contributed by atoms with Crippen molar-refractivity contribution in [1.82, 2.24) is 5.32 Å². The lowest BCUT2D eigenvalue weighted by Gasteiger charge is -2.24. The molecule has 1 amide bonds. The van der Waals surface area contributed by atoms with Crippen molar-refractivity contribution in [2.24, 2.45) is 0 Å². The van der Waals surface area contributed by atoms with E-state index in [0.29, 0.717) is 23.6 Å².